The van der Waals surface area contributed by atoms with E-state index in [2.05, 4.69) is 9.71 Å². The Morgan fingerprint density at radius 2 is 2.04 bits per heavy atom. The predicted octanol–water partition coefficient (Wildman–Crippen LogP) is 2.14. The summed E-state index contributed by atoms with van der Waals surface area (Å²) in [6, 6.07) is 12.1. The molecule has 1 aliphatic heterocycles. The van der Waals surface area contributed by atoms with E-state index in [0.717, 1.165) is 5.56 Å². The van der Waals surface area contributed by atoms with Gasteiger partial charge in [0.15, 0.2) is 0 Å². The lowest BCUT2D eigenvalue weighted by molar-refractivity contribution is -0.110. The zero-order valence-corrected chi connectivity index (χ0v) is 14.7. The second-order valence-electron chi connectivity index (χ2n) is 5.53. The first-order valence-electron chi connectivity index (χ1n) is 7.47. The number of aromatic nitrogens is 1. The van der Waals surface area contributed by atoms with E-state index in [0.29, 0.717) is 10.7 Å². The van der Waals surface area contributed by atoms with E-state index in [1.54, 1.807) is 36.5 Å². The lowest BCUT2D eigenvalue weighted by Crippen LogP contribution is -2.39. The van der Waals surface area contributed by atoms with E-state index in [1.165, 1.54) is 0 Å². The fourth-order valence-electron chi connectivity index (χ4n) is 2.75. The van der Waals surface area contributed by atoms with Gasteiger partial charge in [-0.15, -0.1) is 0 Å². The number of halogens is 1. The molecule has 0 aliphatic carbocycles. The molecule has 3 rings (SSSR count). The predicted molar refractivity (Wildman–Crippen MR) is 91.7 cm³/mol. The molecule has 0 bridgehead atoms. The van der Waals surface area contributed by atoms with Crippen molar-refractivity contribution in [3.8, 4) is 0 Å². The number of pyridine rings is 1. The number of hydrogen-bond acceptors (Lipinski definition) is 5. The van der Waals surface area contributed by atoms with Crippen molar-refractivity contribution < 1.29 is 13.3 Å². The van der Waals surface area contributed by atoms with Crippen LogP contribution in [-0.4, -0.2) is 37.4 Å². The van der Waals surface area contributed by atoms with Crippen LogP contribution in [0.2, 0.25) is 5.02 Å². The number of sulfonamides is 1. The highest BCUT2D eigenvalue weighted by molar-refractivity contribution is 7.90. The Morgan fingerprint density at radius 1 is 1.29 bits per heavy atom. The summed E-state index contributed by atoms with van der Waals surface area (Å²) in [6.45, 7) is 0.211. The molecule has 0 spiro atoms. The molecule has 1 saturated heterocycles. The second kappa shape index (κ2) is 7.16. The van der Waals surface area contributed by atoms with Gasteiger partial charge in [-0.05, 0) is 23.8 Å². The third-order valence-electron chi connectivity index (χ3n) is 3.99. The van der Waals surface area contributed by atoms with Crippen LogP contribution in [-0.2, 0) is 21.4 Å². The van der Waals surface area contributed by atoms with Crippen molar-refractivity contribution in [1.29, 1.82) is 0 Å². The van der Waals surface area contributed by atoms with Gasteiger partial charge in [0, 0.05) is 18.3 Å². The summed E-state index contributed by atoms with van der Waals surface area (Å²) in [5.41, 5.74) is 1.38. The Kier molecular flexibility index (Phi) is 5.17. The van der Waals surface area contributed by atoms with E-state index in [4.69, 9.17) is 16.4 Å². The smallest absolute Gasteiger partial charge is 0.219 e. The van der Waals surface area contributed by atoms with E-state index in [-0.39, 0.29) is 13.2 Å². The van der Waals surface area contributed by atoms with Crippen LogP contribution in [0.3, 0.4) is 0 Å². The lowest BCUT2D eigenvalue weighted by atomic mass is 10.0. The van der Waals surface area contributed by atoms with E-state index < -0.39 is 21.3 Å². The van der Waals surface area contributed by atoms with Crippen LogP contribution < -0.4 is 4.72 Å². The Balaban J connectivity index is 1.82. The van der Waals surface area contributed by atoms with Crippen LogP contribution in [0.25, 0.3) is 0 Å². The first kappa shape index (κ1) is 17.3. The van der Waals surface area contributed by atoms with Crippen molar-refractivity contribution in [3.63, 3.8) is 0 Å². The average Bonchev–Trinajstić information content (AvgIpc) is 2.97. The maximum atomic E-state index is 12.8. The quantitative estimate of drug-likeness (QED) is 0.876. The zero-order chi connectivity index (χ0) is 17.2. The summed E-state index contributed by atoms with van der Waals surface area (Å²) in [6.07, 6.45) is 1.63. The molecule has 0 radical (unpaired) electrons. The van der Waals surface area contributed by atoms with Gasteiger partial charge in [0.25, 0.3) is 0 Å². The van der Waals surface area contributed by atoms with Gasteiger partial charge in [0.1, 0.15) is 5.25 Å². The molecular formula is C16H18ClN3O3S. The molecule has 0 saturated carbocycles. The molecule has 8 heteroatoms. The number of hydroxylamine groups is 2. The van der Waals surface area contributed by atoms with E-state index in [9.17, 15) is 8.42 Å². The SMILES string of the molecule is CN1OCC(S(=O)(=O)NCc2ccccn2)C1c1ccccc1Cl. The molecule has 0 amide bonds. The zero-order valence-electron chi connectivity index (χ0n) is 13.1. The summed E-state index contributed by atoms with van der Waals surface area (Å²) in [4.78, 5) is 9.59. The van der Waals surface area contributed by atoms with Crippen molar-refractivity contribution in [2.75, 3.05) is 13.7 Å². The minimum absolute atomic E-state index is 0.0734. The molecule has 6 nitrogen and oxygen atoms in total. The highest BCUT2D eigenvalue weighted by Gasteiger charge is 2.43. The van der Waals surface area contributed by atoms with Crippen LogP contribution in [0.1, 0.15) is 17.3 Å². The first-order valence-corrected chi connectivity index (χ1v) is 9.40. The van der Waals surface area contributed by atoms with Crippen LogP contribution >= 0.6 is 11.6 Å². The first-order chi connectivity index (χ1) is 11.5. The summed E-state index contributed by atoms with van der Waals surface area (Å²) in [5, 5.41) is 1.31. The molecule has 2 atom stereocenters. The third-order valence-corrected chi connectivity index (χ3v) is 6.07. The average molecular weight is 368 g/mol. The Labute approximate surface area is 146 Å². The Morgan fingerprint density at radius 3 is 2.75 bits per heavy atom. The molecule has 1 N–H and O–H groups in total. The summed E-state index contributed by atoms with van der Waals surface area (Å²) in [5.74, 6) is 0. The minimum Gasteiger partial charge on any atom is -0.297 e. The number of nitrogens with one attached hydrogen (secondary N) is 1. The summed E-state index contributed by atoms with van der Waals surface area (Å²) in [7, 11) is -1.91. The van der Waals surface area contributed by atoms with E-state index >= 15 is 0 Å². The van der Waals surface area contributed by atoms with Crippen molar-refractivity contribution >= 4 is 21.6 Å². The molecule has 128 valence electrons. The van der Waals surface area contributed by atoms with Gasteiger partial charge in [-0.1, -0.05) is 35.9 Å². The molecule has 1 aromatic carbocycles. The minimum atomic E-state index is -3.62. The highest BCUT2D eigenvalue weighted by atomic mass is 35.5. The Bertz CT molecular complexity index is 801. The normalized spacial score (nSPS) is 21.9. The maximum absolute atomic E-state index is 12.8. The third kappa shape index (κ3) is 3.60. The monoisotopic (exact) mass is 367 g/mol. The van der Waals surface area contributed by atoms with Crippen LogP contribution in [0, 0.1) is 0 Å². The molecule has 2 aromatic rings. The van der Waals surface area contributed by atoms with Gasteiger partial charge >= 0.3 is 0 Å². The van der Waals surface area contributed by atoms with Crippen LogP contribution in [0.15, 0.2) is 48.7 Å². The van der Waals surface area contributed by atoms with Crippen molar-refractivity contribution in [3.05, 3.63) is 64.9 Å². The van der Waals surface area contributed by atoms with Gasteiger partial charge in [-0.25, -0.2) is 13.1 Å². The van der Waals surface area contributed by atoms with Gasteiger partial charge in [0.05, 0.1) is 24.9 Å². The molecule has 1 fully saturated rings. The van der Waals surface area contributed by atoms with E-state index in [1.807, 2.05) is 24.3 Å². The standard InChI is InChI=1S/C16H18ClN3O3S/c1-20-16(13-7-2-3-8-14(13)17)15(11-23-20)24(21,22)19-10-12-6-4-5-9-18-12/h2-9,15-16,19H,10-11H2,1H3. The Hall–Kier alpha value is -1.51. The summed E-state index contributed by atoms with van der Waals surface area (Å²) < 4.78 is 28.1. The topological polar surface area (TPSA) is 71.5 Å². The fraction of sp³-hybridized carbons (Fsp3) is 0.312. The van der Waals surface area contributed by atoms with Crippen molar-refractivity contribution in [2.45, 2.75) is 17.8 Å². The number of hydrogen-bond donors (Lipinski definition) is 1. The highest BCUT2D eigenvalue weighted by Crippen LogP contribution is 2.36. The summed E-state index contributed by atoms with van der Waals surface area (Å²) >= 11 is 6.25. The van der Waals surface area contributed by atoms with Crippen LogP contribution in [0.4, 0.5) is 0 Å². The second-order valence-corrected chi connectivity index (χ2v) is 7.93. The molecule has 24 heavy (non-hydrogen) atoms. The van der Waals surface area contributed by atoms with Gasteiger partial charge in [0.2, 0.25) is 10.0 Å². The fourth-order valence-corrected chi connectivity index (χ4v) is 4.46. The van der Waals surface area contributed by atoms with Crippen molar-refractivity contribution in [1.82, 2.24) is 14.8 Å². The van der Waals surface area contributed by atoms with Crippen molar-refractivity contribution in [2.24, 2.45) is 0 Å². The number of rotatable bonds is 5. The van der Waals surface area contributed by atoms with Gasteiger partial charge < -0.3 is 0 Å². The molecular weight excluding hydrogens is 350 g/mol. The number of nitrogens with zero attached hydrogens (tertiary/aromatic N) is 2. The number of benzene rings is 1. The van der Waals surface area contributed by atoms with Crippen LogP contribution in [0.5, 0.6) is 0 Å². The molecule has 1 aromatic heterocycles. The molecule has 2 unspecified atom stereocenters. The van der Waals surface area contributed by atoms with Gasteiger partial charge in [-0.3, -0.25) is 9.82 Å². The lowest BCUT2D eigenvalue weighted by Gasteiger charge is -2.23. The van der Waals surface area contributed by atoms with Gasteiger partial charge in [-0.2, -0.15) is 5.06 Å². The molecule has 1 aliphatic rings. The largest absolute Gasteiger partial charge is 0.297 e. The molecule has 2 heterocycles. The maximum Gasteiger partial charge on any atom is 0.219 e.